The van der Waals surface area contributed by atoms with Gasteiger partial charge in [0.15, 0.2) is 5.69 Å². The van der Waals surface area contributed by atoms with E-state index in [0.29, 0.717) is 22.8 Å². The van der Waals surface area contributed by atoms with Crippen molar-refractivity contribution in [3.05, 3.63) is 47.4 Å². The number of aromatic nitrogens is 3. The van der Waals surface area contributed by atoms with Gasteiger partial charge in [0.2, 0.25) is 0 Å². The second-order valence-electron chi connectivity index (χ2n) is 4.82. The van der Waals surface area contributed by atoms with E-state index in [2.05, 4.69) is 21.0 Å². The molecular weight excluding hydrogens is 262 g/mol. The van der Waals surface area contributed by atoms with Crippen LogP contribution in [0.15, 0.2) is 30.3 Å². The van der Waals surface area contributed by atoms with E-state index in [1.54, 1.807) is 0 Å². The monoisotopic (exact) mass is 275 g/mol. The Morgan fingerprint density at radius 3 is 2.52 bits per heavy atom. The van der Waals surface area contributed by atoms with Crippen molar-refractivity contribution >= 4 is 16.7 Å². The first-order valence-electron chi connectivity index (χ1n) is 6.51. The third kappa shape index (κ3) is 2.17. The molecular formula is C16H13N5. The van der Waals surface area contributed by atoms with E-state index in [4.69, 9.17) is 5.73 Å². The lowest BCUT2D eigenvalue weighted by atomic mass is 10.1. The van der Waals surface area contributed by atoms with Crippen LogP contribution in [0, 0.1) is 25.2 Å². The Morgan fingerprint density at radius 2 is 1.76 bits per heavy atom. The van der Waals surface area contributed by atoms with E-state index >= 15 is 0 Å². The molecule has 0 bridgehead atoms. The summed E-state index contributed by atoms with van der Waals surface area (Å²) >= 11 is 0. The molecule has 3 rings (SSSR count). The molecule has 0 unspecified atom stereocenters. The quantitative estimate of drug-likeness (QED) is 0.737. The summed E-state index contributed by atoms with van der Waals surface area (Å²) in [5.74, 6) is 0.312. The molecule has 0 aliphatic rings. The Morgan fingerprint density at radius 1 is 1.05 bits per heavy atom. The maximum atomic E-state index is 9.35. The molecule has 21 heavy (non-hydrogen) atoms. The van der Waals surface area contributed by atoms with Crippen LogP contribution >= 0.6 is 0 Å². The van der Waals surface area contributed by atoms with Gasteiger partial charge < -0.3 is 5.73 Å². The molecule has 0 aliphatic carbocycles. The summed E-state index contributed by atoms with van der Waals surface area (Å²) in [4.78, 5) is 13.1. The van der Waals surface area contributed by atoms with Crippen molar-refractivity contribution in [3.63, 3.8) is 0 Å². The number of para-hydroxylation sites is 1. The lowest BCUT2D eigenvalue weighted by Gasteiger charge is -2.09. The van der Waals surface area contributed by atoms with Gasteiger partial charge in [-0.15, -0.1) is 0 Å². The van der Waals surface area contributed by atoms with Gasteiger partial charge in [-0.3, -0.25) is 0 Å². The molecule has 1 aromatic carbocycles. The second-order valence-corrected chi connectivity index (χ2v) is 4.82. The number of benzene rings is 1. The molecule has 2 aromatic heterocycles. The minimum atomic E-state index is 0.304. The molecule has 102 valence electrons. The number of nitrogens with zero attached hydrogens (tertiary/aromatic N) is 4. The molecule has 3 aromatic rings. The number of anilines is 1. The van der Waals surface area contributed by atoms with Crippen molar-refractivity contribution in [3.8, 4) is 17.3 Å². The van der Waals surface area contributed by atoms with E-state index in [0.717, 1.165) is 22.3 Å². The van der Waals surface area contributed by atoms with Crippen LogP contribution in [0.1, 0.15) is 17.1 Å². The molecule has 0 saturated carbocycles. The summed E-state index contributed by atoms with van der Waals surface area (Å²) in [5, 5.41) is 10.3. The maximum absolute atomic E-state index is 9.35. The second kappa shape index (κ2) is 4.84. The number of hydrogen-bond donors (Lipinski definition) is 1. The molecule has 0 atom stereocenters. The molecule has 0 saturated heterocycles. The van der Waals surface area contributed by atoms with Crippen molar-refractivity contribution in [2.24, 2.45) is 0 Å². The topological polar surface area (TPSA) is 88.5 Å². The fourth-order valence-electron chi connectivity index (χ4n) is 2.20. The van der Waals surface area contributed by atoms with Gasteiger partial charge in [-0.2, -0.15) is 5.26 Å². The van der Waals surface area contributed by atoms with Crippen molar-refractivity contribution in [1.82, 2.24) is 15.0 Å². The van der Waals surface area contributed by atoms with Crippen molar-refractivity contribution in [2.75, 3.05) is 5.73 Å². The first-order chi connectivity index (χ1) is 10.1. The van der Waals surface area contributed by atoms with Gasteiger partial charge in [0, 0.05) is 10.9 Å². The first-order valence-corrected chi connectivity index (χ1v) is 6.51. The fourth-order valence-corrected chi connectivity index (χ4v) is 2.20. The molecule has 0 aliphatic heterocycles. The Kier molecular flexibility index (Phi) is 2.99. The van der Waals surface area contributed by atoms with Crippen LogP contribution in [0.4, 0.5) is 5.82 Å². The van der Waals surface area contributed by atoms with Crippen molar-refractivity contribution in [2.45, 2.75) is 13.8 Å². The predicted molar refractivity (Wildman–Crippen MR) is 81.4 cm³/mol. The first kappa shape index (κ1) is 13.0. The molecule has 5 nitrogen and oxygen atoms in total. The van der Waals surface area contributed by atoms with Crippen LogP contribution in [0.3, 0.4) is 0 Å². The van der Waals surface area contributed by atoms with Crippen LogP contribution in [0.2, 0.25) is 0 Å². The van der Waals surface area contributed by atoms with Gasteiger partial charge in [0.1, 0.15) is 17.6 Å². The van der Waals surface area contributed by atoms with E-state index in [1.165, 1.54) is 0 Å². The largest absolute Gasteiger partial charge is 0.382 e. The smallest absolute Gasteiger partial charge is 0.150 e. The van der Waals surface area contributed by atoms with E-state index < -0.39 is 0 Å². The number of fused-ring (bicyclic) bond motifs is 1. The van der Waals surface area contributed by atoms with E-state index in [9.17, 15) is 5.26 Å². The van der Waals surface area contributed by atoms with Gasteiger partial charge >= 0.3 is 0 Å². The molecule has 0 fully saturated rings. The summed E-state index contributed by atoms with van der Waals surface area (Å²) in [6.45, 7) is 3.72. The number of nitrogen functional groups attached to an aromatic ring is 1. The summed E-state index contributed by atoms with van der Waals surface area (Å²) in [6, 6.07) is 11.6. The van der Waals surface area contributed by atoms with Crippen LogP contribution in [0.5, 0.6) is 0 Å². The van der Waals surface area contributed by atoms with Crippen LogP contribution in [-0.2, 0) is 0 Å². The summed E-state index contributed by atoms with van der Waals surface area (Å²) in [5.41, 5.74) is 9.75. The number of rotatable bonds is 1. The minimum Gasteiger partial charge on any atom is -0.382 e. The molecule has 0 radical (unpaired) electrons. The summed E-state index contributed by atoms with van der Waals surface area (Å²) < 4.78 is 0. The minimum absolute atomic E-state index is 0.304. The van der Waals surface area contributed by atoms with E-state index in [1.807, 2.05) is 44.2 Å². The highest BCUT2D eigenvalue weighted by atomic mass is 14.9. The standard InChI is InChI=1S/C16H13N5/c1-9-10(2)20-16(18)15(19-9)12-7-11-5-3-4-6-13(11)21-14(12)8-17/h3-7H,1-2H3,(H2,18,20). The number of aryl methyl sites for hydroxylation is 2. The third-order valence-corrected chi connectivity index (χ3v) is 3.42. The SMILES string of the molecule is Cc1nc(N)c(-c2cc3ccccc3nc2C#N)nc1C. The highest BCUT2D eigenvalue weighted by Crippen LogP contribution is 2.28. The number of nitriles is 1. The normalized spacial score (nSPS) is 10.5. The zero-order chi connectivity index (χ0) is 15.0. The van der Waals surface area contributed by atoms with Gasteiger partial charge in [-0.05, 0) is 26.0 Å². The number of nitrogens with two attached hydrogens (primary N) is 1. The average molecular weight is 275 g/mol. The fraction of sp³-hybridized carbons (Fsp3) is 0.125. The Balaban J connectivity index is 2.34. The zero-order valence-electron chi connectivity index (χ0n) is 11.8. The average Bonchev–Trinajstić information content (AvgIpc) is 2.49. The Labute approximate surface area is 122 Å². The lowest BCUT2D eigenvalue weighted by molar-refractivity contribution is 1.06. The number of hydrogen-bond acceptors (Lipinski definition) is 5. The van der Waals surface area contributed by atoms with Crippen LogP contribution < -0.4 is 5.73 Å². The summed E-state index contributed by atoms with van der Waals surface area (Å²) in [7, 11) is 0. The van der Waals surface area contributed by atoms with Crippen molar-refractivity contribution < 1.29 is 0 Å². The molecule has 2 heterocycles. The number of pyridine rings is 1. The highest BCUT2D eigenvalue weighted by Gasteiger charge is 2.15. The zero-order valence-corrected chi connectivity index (χ0v) is 11.8. The molecule has 2 N–H and O–H groups in total. The predicted octanol–water partition coefficient (Wildman–Crippen LogP) is 2.76. The highest BCUT2D eigenvalue weighted by molar-refractivity contribution is 5.87. The third-order valence-electron chi connectivity index (χ3n) is 3.42. The van der Waals surface area contributed by atoms with Crippen LogP contribution in [-0.4, -0.2) is 15.0 Å². The van der Waals surface area contributed by atoms with Crippen LogP contribution in [0.25, 0.3) is 22.2 Å². The van der Waals surface area contributed by atoms with Crippen molar-refractivity contribution in [1.29, 1.82) is 5.26 Å². The molecule has 0 spiro atoms. The molecule has 5 heteroatoms. The van der Waals surface area contributed by atoms with Gasteiger partial charge in [-0.25, -0.2) is 15.0 Å². The van der Waals surface area contributed by atoms with Gasteiger partial charge in [0.05, 0.1) is 16.9 Å². The van der Waals surface area contributed by atoms with Gasteiger partial charge in [0.25, 0.3) is 0 Å². The Bertz CT molecular complexity index is 893. The molecule has 0 amide bonds. The summed E-state index contributed by atoms with van der Waals surface area (Å²) in [6.07, 6.45) is 0. The van der Waals surface area contributed by atoms with Gasteiger partial charge in [-0.1, -0.05) is 18.2 Å². The lowest BCUT2D eigenvalue weighted by Crippen LogP contribution is -2.04. The maximum Gasteiger partial charge on any atom is 0.150 e. The van der Waals surface area contributed by atoms with E-state index in [-0.39, 0.29) is 0 Å². The Hall–Kier alpha value is -3.00.